The molecule has 0 spiro atoms. The number of rotatable bonds is 8. The molecule has 1 heterocycles. The van der Waals surface area contributed by atoms with Gasteiger partial charge in [0.25, 0.3) is 0 Å². The summed E-state index contributed by atoms with van der Waals surface area (Å²) in [6.07, 6.45) is 3.08. The summed E-state index contributed by atoms with van der Waals surface area (Å²) in [4.78, 5) is 5.14. The molecular formula is C15H32N2O. The first-order valence-corrected chi connectivity index (χ1v) is 7.64. The molecule has 18 heavy (non-hydrogen) atoms. The van der Waals surface area contributed by atoms with Crippen LogP contribution in [-0.2, 0) is 4.74 Å². The second-order valence-corrected chi connectivity index (χ2v) is 6.14. The molecule has 1 saturated heterocycles. The van der Waals surface area contributed by atoms with Crippen LogP contribution in [0, 0.1) is 5.92 Å². The highest BCUT2D eigenvalue weighted by atomic mass is 16.5. The molecule has 0 saturated carbocycles. The zero-order valence-corrected chi connectivity index (χ0v) is 12.8. The van der Waals surface area contributed by atoms with E-state index >= 15 is 0 Å². The van der Waals surface area contributed by atoms with Gasteiger partial charge < -0.3 is 9.64 Å². The Kier molecular flexibility index (Phi) is 7.87. The SMILES string of the molecule is CC(C)CCCN1CCN(CCOC(C)C)CC1. The van der Waals surface area contributed by atoms with Crippen molar-refractivity contribution in [2.45, 2.75) is 46.6 Å². The fourth-order valence-corrected chi connectivity index (χ4v) is 2.38. The minimum atomic E-state index is 0.363. The summed E-state index contributed by atoms with van der Waals surface area (Å²) in [5.74, 6) is 0.847. The van der Waals surface area contributed by atoms with E-state index < -0.39 is 0 Å². The molecule has 1 rings (SSSR count). The lowest BCUT2D eigenvalue weighted by molar-refractivity contribution is 0.0445. The van der Waals surface area contributed by atoms with Crippen molar-refractivity contribution in [2.24, 2.45) is 5.92 Å². The van der Waals surface area contributed by atoms with Crippen LogP contribution in [0.2, 0.25) is 0 Å². The van der Waals surface area contributed by atoms with E-state index in [1.54, 1.807) is 0 Å². The van der Waals surface area contributed by atoms with E-state index in [0.717, 1.165) is 19.1 Å². The van der Waals surface area contributed by atoms with Crippen LogP contribution in [0.25, 0.3) is 0 Å². The summed E-state index contributed by atoms with van der Waals surface area (Å²) in [5, 5.41) is 0. The van der Waals surface area contributed by atoms with Crippen LogP contribution >= 0.6 is 0 Å². The van der Waals surface area contributed by atoms with Crippen molar-refractivity contribution in [1.82, 2.24) is 9.80 Å². The molecule has 1 aliphatic rings. The largest absolute Gasteiger partial charge is 0.377 e. The van der Waals surface area contributed by atoms with E-state index in [0.29, 0.717) is 6.10 Å². The summed E-state index contributed by atoms with van der Waals surface area (Å²) >= 11 is 0. The first-order valence-electron chi connectivity index (χ1n) is 7.64. The predicted molar refractivity (Wildman–Crippen MR) is 78.0 cm³/mol. The van der Waals surface area contributed by atoms with Gasteiger partial charge in [0.2, 0.25) is 0 Å². The van der Waals surface area contributed by atoms with E-state index in [4.69, 9.17) is 4.74 Å². The van der Waals surface area contributed by atoms with E-state index in [1.165, 1.54) is 45.6 Å². The number of piperazine rings is 1. The Balaban J connectivity index is 2.02. The lowest BCUT2D eigenvalue weighted by Gasteiger charge is -2.34. The normalized spacial score (nSPS) is 19.0. The summed E-state index contributed by atoms with van der Waals surface area (Å²) in [5.41, 5.74) is 0. The number of hydrogen-bond donors (Lipinski definition) is 0. The Bertz CT molecular complexity index is 177. The molecule has 0 radical (unpaired) electrons. The Hall–Kier alpha value is -0.120. The van der Waals surface area contributed by atoms with Crippen molar-refractivity contribution in [3.63, 3.8) is 0 Å². The van der Waals surface area contributed by atoms with Crippen LogP contribution in [0.1, 0.15) is 40.5 Å². The molecule has 0 N–H and O–H groups in total. The first kappa shape index (κ1) is 15.9. The monoisotopic (exact) mass is 256 g/mol. The molecule has 1 fully saturated rings. The van der Waals surface area contributed by atoms with Crippen LogP contribution in [0.15, 0.2) is 0 Å². The molecule has 0 atom stereocenters. The molecule has 3 heteroatoms. The van der Waals surface area contributed by atoms with Gasteiger partial charge in [0, 0.05) is 32.7 Å². The molecule has 0 bridgehead atoms. The average molecular weight is 256 g/mol. The maximum atomic E-state index is 5.61. The maximum Gasteiger partial charge on any atom is 0.0596 e. The van der Waals surface area contributed by atoms with Crippen molar-refractivity contribution >= 4 is 0 Å². The minimum Gasteiger partial charge on any atom is -0.377 e. The van der Waals surface area contributed by atoms with Crippen molar-refractivity contribution in [1.29, 1.82) is 0 Å². The predicted octanol–water partition coefficient (Wildman–Crippen LogP) is 2.47. The zero-order chi connectivity index (χ0) is 13.4. The standard InChI is InChI=1S/C15H32N2O/c1-14(2)6-5-7-16-8-10-17(11-9-16)12-13-18-15(3)4/h14-15H,5-13H2,1-4H3. The van der Waals surface area contributed by atoms with Crippen molar-refractivity contribution < 1.29 is 4.74 Å². The van der Waals surface area contributed by atoms with Gasteiger partial charge in [0.1, 0.15) is 0 Å². The summed E-state index contributed by atoms with van der Waals surface area (Å²) in [7, 11) is 0. The van der Waals surface area contributed by atoms with Crippen molar-refractivity contribution in [3.05, 3.63) is 0 Å². The molecule has 0 aromatic rings. The van der Waals surface area contributed by atoms with Gasteiger partial charge >= 0.3 is 0 Å². The molecule has 0 aromatic carbocycles. The summed E-state index contributed by atoms with van der Waals surface area (Å²) in [6.45, 7) is 17.0. The number of ether oxygens (including phenoxy) is 1. The maximum absolute atomic E-state index is 5.61. The average Bonchev–Trinajstić information content (AvgIpc) is 2.30. The first-order chi connectivity index (χ1) is 8.58. The van der Waals surface area contributed by atoms with Gasteiger partial charge in [-0.05, 0) is 39.2 Å². The van der Waals surface area contributed by atoms with Crippen molar-refractivity contribution in [2.75, 3.05) is 45.9 Å². The van der Waals surface area contributed by atoms with Gasteiger partial charge in [0.15, 0.2) is 0 Å². The van der Waals surface area contributed by atoms with E-state index in [2.05, 4.69) is 37.5 Å². The Morgan fingerprint density at radius 1 is 0.889 bits per heavy atom. The van der Waals surface area contributed by atoms with E-state index in [1.807, 2.05) is 0 Å². The number of nitrogens with zero attached hydrogens (tertiary/aromatic N) is 2. The summed E-state index contributed by atoms with van der Waals surface area (Å²) in [6, 6.07) is 0. The molecule has 1 aliphatic heterocycles. The van der Waals surface area contributed by atoms with Crippen LogP contribution < -0.4 is 0 Å². The lowest BCUT2D eigenvalue weighted by atomic mass is 10.1. The minimum absolute atomic E-state index is 0.363. The van der Waals surface area contributed by atoms with Crippen LogP contribution in [0.4, 0.5) is 0 Å². The topological polar surface area (TPSA) is 15.7 Å². The van der Waals surface area contributed by atoms with E-state index in [9.17, 15) is 0 Å². The fourth-order valence-electron chi connectivity index (χ4n) is 2.38. The molecule has 0 aliphatic carbocycles. The zero-order valence-electron chi connectivity index (χ0n) is 12.8. The highest BCUT2D eigenvalue weighted by Gasteiger charge is 2.16. The van der Waals surface area contributed by atoms with Crippen LogP contribution in [0.3, 0.4) is 0 Å². The van der Waals surface area contributed by atoms with Crippen LogP contribution in [-0.4, -0.2) is 61.8 Å². The lowest BCUT2D eigenvalue weighted by Crippen LogP contribution is -2.47. The molecule has 0 aromatic heterocycles. The highest BCUT2D eigenvalue weighted by molar-refractivity contribution is 4.71. The second-order valence-electron chi connectivity index (χ2n) is 6.14. The van der Waals surface area contributed by atoms with Gasteiger partial charge in [-0.3, -0.25) is 4.90 Å². The molecule has 3 nitrogen and oxygen atoms in total. The Labute approximate surface area is 113 Å². The third kappa shape index (κ3) is 7.34. The quantitative estimate of drug-likeness (QED) is 0.663. The van der Waals surface area contributed by atoms with Crippen molar-refractivity contribution in [3.8, 4) is 0 Å². The summed E-state index contributed by atoms with van der Waals surface area (Å²) < 4.78 is 5.61. The highest BCUT2D eigenvalue weighted by Crippen LogP contribution is 2.07. The van der Waals surface area contributed by atoms with Gasteiger partial charge in [-0.15, -0.1) is 0 Å². The molecule has 108 valence electrons. The van der Waals surface area contributed by atoms with Gasteiger partial charge in [-0.2, -0.15) is 0 Å². The molecular weight excluding hydrogens is 224 g/mol. The Morgan fingerprint density at radius 3 is 1.94 bits per heavy atom. The van der Waals surface area contributed by atoms with E-state index in [-0.39, 0.29) is 0 Å². The fraction of sp³-hybridized carbons (Fsp3) is 1.00. The third-order valence-electron chi connectivity index (χ3n) is 3.58. The van der Waals surface area contributed by atoms with Gasteiger partial charge in [-0.25, -0.2) is 0 Å². The molecule has 0 unspecified atom stereocenters. The Morgan fingerprint density at radius 2 is 1.44 bits per heavy atom. The second kappa shape index (κ2) is 8.89. The van der Waals surface area contributed by atoms with Gasteiger partial charge in [0.05, 0.1) is 12.7 Å². The van der Waals surface area contributed by atoms with Crippen LogP contribution in [0.5, 0.6) is 0 Å². The number of hydrogen-bond acceptors (Lipinski definition) is 3. The third-order valence-corrected chi connectivity index (χ3v) is 3.58. The van der Waals surface area contributed by atoms with Gasteiger partial charge in [-0.1, -0.05) is 13.8 Å². The smallest absolute Gasteiger partial charge is 0.0596 e. The molecule has 0 amide bonds.